The lowest BCUT2D eigenvalue weighted by molar-refractivity contribution is 0.359. The number of benzene rings is 2. The molecule has 2 aliphatic heterocycles. The number of aliphatic imine (C=N–C) groups is 1. The summed E-state index contributed by atoms with van der Waals surface area (Å²) in [6, 6.07) is 12.5. The van der Waals surface area contributed by atoms with Crippen LogP contribution < -0.4 is 26.1 Å². The summed E-state index contributed by atoms with van der Waals surface area (Å²) in [7, 11) is 1.65. The van der Waals surface area contributed by atoms with Gasteiger partial charge in [-0.15, -0.1) is 0 Å². The van der Waals surface area contributed by atoms with Crippen LogP contribution in [0, 0.1) is 19.8 Å². The monoisotopic (exact) mass is 366 g/mol. The van der Waals surface area contributed by atoms with E-state index in [-0.39, 0.29) is 18.0 Å². The van der Waals surface area contributed by atoms with Gasteiger partial charge in [0.2, 0.25) is 0 Å². The van der Waals surface area contributed by atoms with Crippen molar-refractivity contribution in [3.63, 3.8) is 0 Å². The van der Waals surface area contributed by atoms with Crippen molar-refractivity contribution in [1.82, 2.24) is 10.9 Å². The molecule has 0 bridgehead atoms. The minimum atomic E-state index is -0.0965. The van der Waals surface area contributed by atoms with E-state index < -0.39 is 0 Å². The van der Waals surface area contributed by atoms with Gasteiger partial charge in [-0.1, -0.05) is 23.8 Å². The standard InChI is InChI=1S/C21H26N4O2/c1-12-4-5-13(2)16(8-12)21-17(10-23-25-21)20-15-7-6-14(26-3)9-18(15)27-11-19(22)24-20/h4-9,17,20-21,23,25H,10-11H2,1-3H3,(H2,22,24). The molecule has 0 aliphatic carbocycles. The summed E-state index contributed by atoms with van der Waals surface area (Å²) in [6.07, 6.45) is 0. The van der Waals surface area contributed by atoms with Crippen LogP contribution in [0.4, 0.5) is 0 Å². The predicted octanol–water partition coefficient (Wildman–Crippen LogP) is 2.57. The smallest absolute Gasteiger partial charge is 0.145 e. The number of hydrogen-bond acceptors (Lipinski definition) is 6. The minimum absolute atomic E-state index is 0.0965. The number of hydrazine groups is 1. The van der Waals surface area contributed by atoms with E-state index in [1.54, 1.807) is 7.11 Å². The Labute approximate surface area is 159 Å². The Kier molecular flexibility index (Phi) is 4.76. The second kappa shape index (κ2) is 7.21. The maximum Gasteiger partial charge on any atom is 0.145 e. The van der Waals surface area contributed by atoms with Crippen LogP contribution in [0.25, 0.3) is 0 Å². The van der Waals surface area contributed by atoms with Crippen molar-refractivity contribution < 1.29 is 9.47 Å². The zero-order valence-corrected chi connectivity index (χ0v) is 16.0. The van der Waals surface area contributed by atoms with Gasteiger partial charge in [0.25, 0.3) is 0 Å². The first-order valence-electron chi connectivity index (χ1n) is 9.25. The Balaban J connectivity index is 1.76. The quantitative estimate of drug-likeness (QED) is 0.778. The van der Waals surface area contributed by atoms with E-state index in [1.807, 2.05) is 18.2 Å². The number of ether oxygens (including phenoxy) is 2. The average Bonchev–Trinajstić information content (AvgIpc) is 3.09. The summed E-state index contributed by atoms with van der Waals surface area (Å²) in [5, 5.41) is 0. The van der Waals surface area contributed by atoms with Gasteiger partial charge in [-0.25, -0.2) is 5.43 Å². The third-order valence-corrected chi connectivity index (χ3v) is 5.42. The first kappa shape index (κ1) is 17.8. The van der Waals surface area contributed by atoms with Gasteiger partial charge in [0.1, 0.15) is 23.9 Å². The summed E-state index contributed by atoms with van der Waals surface area (Å²) in [6.45, 7) is 5.36. The van der Waals surface area contributed by atoms with Crippen LogP contribution in [0.1, 0.15) is 34.3 Å². The van der Waals surface area contributed by atoms with Gasteiger partial charge in [-0.05, 0) is 37.1 Å². The van der Waals surface area contributed by atoms with Gasteiger partial charge < -0.3 is 15.2 Å². The molecule has 27 heavy (non-hydrogen) atoms. The fraction of sp³-hybridized carbons (Fsp3) is 0.381. The van der Waals surface area contributed by atoms with Crippen molar-refractivity contribution in [2.75, 3.05) is 20.3 Å². The summed E-state index contributed by atoms with van der Waals surface area (Å²) in [4.78, 5) is 4.83. The number of amidine groups is 1. The lowest BCUT2D eigenvalue weighted by Gasteiger charge is -2.27. The third-order valence-electron chi connectivity index (χ3n) is 5.42. The molecule has 0 radical (unpaired) electrons. The molecule has 142 valence electrons. The van der Waals surface area contributed by atoms with Crippen LogP contribution in [0.15, 0.2) is 41.4 Å². The van der Waals surface area contributed by atoms with E-state index in [9.17, 15) is 0 Å². The lowest BCUT2D eigenvalue weighted by atomic mass is 9.83. The van der Waals surface area contributed by atoms with Gasteiger partial charge in [0.05, 0.1) is 19.2 Å². The molecule has 6 nitrogen and oxygen atoms in total. The number of nitrogens with one attached hydrogen (secondary N) is 2. The van der Waals surface area contributed by atoms with Gasteiger partial charge >= 0.3 is 0 Å². The molecule has 0 saturated carbocycles. The van der Waals surface area contributed by atoms with Crippen molar-refractivity contribution in [1.29, 1.82) is 0 Å². The summed E-state index contributed by atoms with van der Waals surface area (Å²) >= 11 is 0. The molecule has 4 N–H and O–H groups in total. The number of nitrogens with zero attached hydrogens (tertiary/aromatic N) is 1. The van der Waals surface area contributed by atoms with Gasteiger partial charge in [0, 0.05) is 24.1 Å². The molecule has 3 unspecified atom stereocenters. The number of methoxy groups -OCH3 is 1. The van der Waals surface area contributed by atoms with Gasteiger partial charge in [-0.3, -0.25) is 10.4 Å². The van der Waals surface area contributed by atoms with E-state index >= 15 is 0 Å². The largest absolute Gasteiger partial charge is 0.497 e. The first-order chi connectivity index (χ1) is 13.1. The zero-order valence-electron chi connectivity index (χ0n) is 16.0. The highest BCUT2D eigenvalue weighted by atomic mass is 16.5. The molecular formula is C21H26N4O2. The second-order valence-corrected chi connectivity index (χ2v) is 7.28. The maximum atomic E-state index is 6.13. The molecule has 2 aromatic rings. The third kappa shape index (κ3) is 3.38. The van der Waals surface area contributed by atoms with Crippen molar-refractivity contribution >= 4 is 5.84 Å². The maximum absolute atomic E-state index is 6.13. The summed E-state index contributed by atoms with van der Waals surface area (Å²) < 4.78 is 11.3. The first-order valence-corrected chi connectivity index (χ1v) is 9.25. The lowest BCUT2D eigenvalue weighted by Crippen LogP contribution is -2.27. The number of rotatable bonds is 3. The summed E-state index contributed by atoms with van der Waals surface area (Å²) in [5.41, 5.74) is 17.8. The molecule has 6 heteroatoms. The molecule has 2 aromatic carbocycles. The van der Waals surface area contributed by atoms with E-state index in [1.165, 1.54) is 16.7 Å². The molecule has 3 atom stereocenters. The Morgan fingerprint density at radius 3 is 2.81 bits per heavy atom. The molecule has 1 saturated heterocycles. The van der Waals surface area contributed by atoms with E-state index in [2.05, 4.69) is 42.9 Å². The minimum Gasteiger partial charge on any atom is -0.497 e. The van der Waals surface area contributed by atoms with Gasteiger partial charge in [-0.2, -0.15) is 0 Å². The van der Waals surface area contributed by atoms with E-state index in [0.29, 0.717) is 12.4 Å². The topological polar surface area (TPSA) is 80.9 Å². The fourth-order valence-electron chi connectivity index (χ4n) is 3.98. The highest BCUT2D eigenvalue weighted by Crippen LogP contribution is 2.43. The van der Waals surface area contributed by atoms with Crippen LogP contribution in [0.3, 0.4) is 0 Å². The van der Waals surface area contributed by atoms with Crippen molar-refractivity contribution in [3.8, 4) is 11.5 Å². The molecule has 2 heterocycles. The predicted molar refractivity (Wildman–Crippen MR) is 106 cm³/mol. The molecule has 0 aromatic heterocycles. The molecule has 0 amide bonds. The molecule has 4 rings (SSSR count). The molecule has 0 spiro atoms. The molecular weight excluding hydrogens is 340 g/mol. The normalized spacial score (nSPS) is 24.6. The average molecular weight is 366 g/mol. The van der Waals surface area contributed by atoms with Crippen LogP contribution >= 0.6 is 0 Å². The van der Waals surface area contributed by atoms with Crippen molar-refractivity contribution in [2.24, 2.45) is 16.6 Å². The fourth-order valence-corrected chi connectivity index (χ4v) is 3.98. The second-order valence-electron chi connectivity index (χ2n) is 7.28. The van der Waals surface area contributed by atoms with Gasteiger partial charge in [0.15, 0.2) is 0 Å². The SMILES string of the molecule is COc1ccc2c(c1)OCC(N)=NC2C1CNNC1c1cc(C)ccc1C. The van der Waals surface area contributed by atoms with Crippen LogP contribution in [0.2, 0.25) is 0 Å². The van der Waals surface area contributed by atoms with E-state index in [0.717, 1.165) is 23.6 Å². The van der Waals surface area contributed by atoms with Crippen LogP contribution in [0.5, 0.6) is 11.5 Å². The van der Waals surface area contributed by atoms with Crippen molar-refractivity contribution in [3.05, 3.63) is 58.7 Å². The Morgan fingerprint density at radius 2 is 2.00 bits per heavy atom. The number of nitrogens with two attached hydrogens (primary N) is 1. The molecule has 2 aliphatic rings. The Hall–Kier alpha value is -2.57. The number of fused-ring (bicyclic) bond motifs is 1. The number of aryl methyl sites for hydroxylation is 2. The highest BCUT2D eigenvalue weighted by molar-refractivity contribution is 5.82. The van der Waals surface area contributed by atoms with Crippen LogP contribution in [-0.2, 0) is 0 Å². The van der Waals surface area contributed by atoms with Crippen LogP contribution in [-0.4, -0.2) is 26.1 Å². The highest BCUT2D eigenvalue weighted by Gasteiger charge is 2.38. The van der Waals surface area contributed by atoms with E-state index in [4.69, 9.17) is 20.2 Å². The Bertz CT molecular complexity index is 880. The zero-order chi connectivity index (χ0) is 19.0. The number of hydrogen-bond donors (Lipinski definition) is 3. The Morgan fingerprint density at radius 1 is 1.15 bits per heavy atom. The summed E-state index contributed by atoms with van der Waals surface area (Å²) in [5.74, 6) is 2.27. The molecule has 1 fully saturated rings. The van der Waals surface area contributed by atoms with Crippen molar-refractivity contribution in [2.45, 2.75) is 25.9 Å².